The summed E-state index contributed by atoms with van der Waals surface area (Å²) in [7, 11) is 0. The molecule has 1 unspecified atom stereocenters. The topological polar surface area (TPSA) is 82.3 Å². The van der Waals surface area contributed by atoms with Gasteiger partial charge in [0.15, 0.2) is 0 Å². The van der Waals surface area contributed by atoms with Gasteiger partial charge < -0.3 is 15.2 Å². The third kappa shape index (κ3) is 3.35. The number of fused-ring (bicyclic) bond motifs is 2. The molecule has 6 heteroatoms. The van der Waals surface area contributed by atoms with Crippen LogP contribution in [-0.4, -0.2) is 22.8 Å². The average molecular weight is 379 g/mol. The van der Waals surface area contributed by atoms with Gasteiger partial charge in [0.2, 0.25) is 5.91 Å². The molecule has 4 rings (SSSR count). The maximum atomic E-state index is 12.7. The predicted molar refractivity (Wildman–Crippen MR) is 109 cm³/mol. The fraction of sp³-hybridized carbons (Fsp3) is 0.409. The fourth-order valence-electron chi connectivity index (χ4n) is 4.41. The molecule has 28 heavy (non-hydrogen) atoms. The number of carbonyl (C=O) groups excluding carboxylic acids is 2. The van der Waals surface area contributed by atoms with Gasteiger partial charge in [0.25, 0.3) is 11.5 Å². The molecule has 2 amide bonds. The number of hydrogen-bond donors (Lipinski definition) is 2. The van der Waals surface area contributed by atoms with Crippen molar-refractivity contribution in [2.75, 3.05) is 10.2 Å². The van der Waals surface area contributed by atoms with Crippen LogP contribution in [0.15, 0.2) is 29.1 Å². The van der Waals surface area contributed by atoms with Gasteiger partial charge in [0.1, 0.15) is 5.56 Å². The maximum absolute atomic E-state index is 12.7. The van der Waals surface area contributed by atoms with E-state index in [1.54, 1.807) is 24.0 Å². The van der Waals surface area contributed by atoms with Crippen LogP contribution in [0.5, 0.6) is 0 Å². The second kappa shape index (κ2) is 7.26. The number of benzene rings is 1. The molecular formula is C22H25N3O3. The summed E-state index contributed by atoms with van der Waals surface area (Å²) in [5.41, 5.74) is 4.40. The van der Waals surface area contributed by atoms with Crippen LogP contribution in [0.25, 0.3) is 0 Å². The van der Waals surface area contributed by atoms with Crippen LogP contribution in [-0.2, 0) is 24.1 Å². The number of nitrogens with zero attached hydrogens (tertiary/aromatic N) is 1. The average Bonchev–Trinajstić information content (AvgIpc) is 2.81. The molecule has 2 aliphatic rings. The first kappa shape index (κ1) is 18.5. The first-order valence-electron chi connectivity index (χ1n) is 9.93. The molecule has 0 bridgehead atoms. The van der Waals surface area contributed by atoms with Crippen molar-refractivity contribution in [3.05, 3.63) is 57.0 Å². The highest BCUT2D eigenvalue weighted by Crippen LogP contribution is 2.34. The van der Waals surface area contributed by atoms with Crippen LogP contribution in [0, 0.1) is 0 Å². The lowest BCUT2D eigenvalue weighted by Crippen LogP contribution is -2.33. The van der Waals surface area contributed by atoms with Gasteiger partial charge in [-0.3, -0.25) is 14.4 Å². The molecule has 0 saturated carbocycles. The Morgan fingerprint density at radius 2 is 1.89 bits per heavy atom. The van der Waals surface area contributed by atoms with Gasteiger partial charge in [-0.2, -0.15) is 0 Å². The molecule has 0 fully saturated rings. The smallest absolute Gasteiger partial charge is 0.261 e. The molecular weight excluding hydrogens is 354 g/mol. The zero-order valence-electron chi connectivity index (χ0n) is 16.3. The summed E-state index contributed by atoms with van der Waals surface area (Å²) in [5, 5.41) is 2.85. The van der Waals surface area contributed by atoms with Crippen LogP contribution in [0.3, 0.4) is 0 Å². The lowest BCUT2D eigenvalue weighted by molar-refractivity contribution is -0.116. The summed E-state index contributed by atoms with van der Waals surface area (Å²) in [4.78, 5) is 41.7. The molecule has 0 spiro atoms. The van der Waals surface area contributed by atoms with E-state index in [2.05, 4.69) is 10.3 Å². The van der Waals surface area contributed by atoms with E-state index in [0.29, 0.717) is 5.69 Å². The molecule has 0 radical (unpaired) electrons. The highest BCUT2D eigenvalue weighted by molar-refractivity contribution is 6.04. The Balaban J connectivity index is 1.58. The van der Waals surface area contributed by atoms with Gasteiger partial charge in [-0.25, -0.2) is 0 Å². The maximum Gasteiger partial charge on any atom is 0.261 e. The quantitative estimate of drug-likeness (QED) is 0.786. The summed E-state index contributed by atoms with van der Waals surface area (Å²) in [5.74, 6) is -0.387. The van der Waals surface area contributed by atoms with Crippen molar-refractivity contribution in [1.82, 2.24) is 4.98 Å². The number of pyridine rings is 1. The van der Waals surface area contributed by atoms with E-state index in [1.807, 2.05) is 19.1 Å². The Labute approximate surface area is 164 Å². The highest BCUT2D eigenvalue weighted by Gasteiger charge is 2.29. The van der Waals surface area contributed by atoms with Crippen LogP contribution in [0.4, 0.5) is 11.4 Å². The number of H-pyrrole nitrogens is 1. The molecule has 1 atom stereocenters. The summed E-state index contributed by atoms with van der Waals surface area (Å²) < 4.78 is 0. The molecule has 2 heterocycles. The number of anilines is 2. The van der Waals surface area contributed by atoms with Crippen LogP contribution < -0.4 is 15.8 Å². The largest absolute Gasteiger partial charge is 0.325 e. The molecule has 1 aromatic heterocycles. The van der Waals surface area contributed by atoms with Crippen molar-refractivity contribution in [2.45, 2.75) is 58.4 Å². The molecule has 1 aliphatic carbocycles. The minimum atomic E-state index is -0.400. The first-order valence-corrected chi connectivity index (χ1v) is 9.93. The molecule has 0 saturated heterocycles. The lowest BCUT2D eigenvalue weighted by Gasteiger charge is -2.20. The third-order valence-electron chi connectivity index (χ3n) is 5.72. The SMILES string of the molecule is CC(=O)N1c2ccc(NC(=O)c3cc4c([nH]c3=O)CCCCC4)cc2CC1C. The Morgan fingerprint density at radius 1 is 1.11 bits per heavy atom. The molecule has 1 aliphatic heterocycles. The summed E-state index contributed by atoms with van der Waals surface area (Å²) in [6.07, 6.45) is 5.79. The second-order valence-electron chi connectivity index (χ2n) is 7.82. The molecule has 2 aromatic rings. The van der Waals surface area contributed by atoms with Gasteiger partial charge in [-0.15, -0.1) is 0 Å². The van der Waals surface area contributed by atoms with E-state index in [4.69, 9.17) is 0 Å². The molecule has 6 nitrogen and oxygen atoms in total. The fourth-order valence-corrected chi connectivity index (χ4v) is 4.41. The summed E-state index contributed by atoms with van der Waals surface area (Å²) >= 11 is 0. The molecule has 1 aromatic carbocycles. The number of aromatic nitrogens is 1. The summed E-state index contributed by atoms with van der Waals surface area (Å²) in [6, 6.07) is 7.39. The number of amides is 2. The lowest BCUT2D eigenvalue weighted by atomic mass is 10.1. The van der Waals surface area contributed by atoms with Gasteiger partial charge in [0, 0.05) is 30.0 Å². The van der Waals surface area contributed by atoms with E-state index < -0.39 is 5.91 Å². The zero-order valence-corrected chi connectivity index (χ0v) is 16.3. The Morgan fingerprint density at radius 3 is 2.68 bits per heavy atom. The van der Waals surface area contributed by atoms with E-state index in [1.165, 1.54) is 0 Å². The van der Waals surface area contributed by atoms with Crippen molar-refractivity contribution < 1.29 is 9.59 Å². The number of aryl methyl sites for hydroxylation is 2. The number of aromatic amines is 1. The van der Waals surface area contributed by atoms with Crippen LogP contribution in [0.1, 0.15) is 60.3 Å². The Hall–Kier alpha value is -2.89. The minimum absolute atomic E-state index is 0.0135. The van der Waals surface area contributed by atoms with Crippen LogP contribution in [0.2, 0.25) is 0 Å². The van der Waals surface area contributed by atoms with Gasteiger partial charge >= 0.3 is 0 Å². The number of nitrogens with one attached hydrogen (secondary N) is 2. The van der Waals surface area contributed by atoms with Crippen molar-refractivity contribution in [3.63, 3.8) is 0 Å². The predicted octanol–water partition coefficient (Wildman–Crippen LogP) is 3.19. The van der Waals surface area contributed by atoms with Crippen molar-refractivity contribution >= 4 is 23.2 Å². The van der Waals surface area contributed by atoms with E-state index in [-0.39, 0.29) is 23.1 Å². The van der Waals surface area contributed by atoms with Crippen LogP contribution >= 0.6 is 0 Å². The third-order valence-corrected chi connectivity index (χ3v) is 5.72. The Kier molecular flexibility index (Phi) is 4.79. The zero-order chi connectivity index (χ0) is 19.8. The summed E-state index contributed by atoms with van der Waals surface area (Å²) in [6.45, 7) is 3.57. The number of rotatable bonds is 2. The van der Waals surface area contributed by atoms with E-state index in [0.717, 1.165) is 61.0 Å². The van der Waals surface area contributed by atoms with Crippen molar-refractivity contribution in [2.24, 2.45) is 0 Å². The highest BCUT2D eigenvalue weighted by atomic mass is 16.2. The van der Waals surface area contributed by atoms with Gasteiger partial charge in [-0.1, -0.05) is 6.42 Å². The van der Waals surface area contributed by atoms with E-state index >= 15 is 0 Å². The van der Waals surface area contributed by atoms with Gasteiger partial charge in [-0.05, 0) is 74.4 Å². The number of hydrogen-bond acceptors (Lipinski definition) is 3. The Bertz CT molecular complexity index is 1010. The van der Waals surface area contributed by atoms with Crippen molar-refractivity contribution in [3.8, 4) is 0 Å². The molecule has 146 valence electrons. The van der Waals surface area contributed by atoms with Gasteiger partial charge in [0.05, 0.1) is 0 Å². The molecule has 2 N–H and O–H groups in total. The number of carbonyl (C=O) groups is 2. The first-order chi connectivity index (χ1) is 13.4. The second-order valence-corrected chi connectivity index (χ2v) is 7.82. The standard InChI is InChI=1S/C22H25N3O3/c1-13-10-16-11-17(8-9-20(16)25(13)14(2)26)23-21(27)18-12-15-6-4-3-5-7-19(15)24-22(18)28/h8-9,11-13H,3-7,10H2,1-2H3,(H,23,27)(H,24,28). The van der Waals surface area contributed by atoms with E-state index in [9.17, 15) is 14.4 Å². The monoisotopic (exact) mass is 379 g/mol. The normalized spacial score (nSPS) is 18.2. The minimum Gasteiger partial charge on any atom is -0.325 e. The van der Waals surface area contributed by atoms with Crippen molar-refractivity contribution in [1.29, 1.82) is 0 Å².